The summed E-state index contributed by atoms with van der Waals surface area (Å²) < 4.78 is 43.2. The Morgan fingerprint density at radius 1 is 1.11 bits per heavy atom. The summed E-state index contributed by atoms with van der Waals surface area (Å²) >= 11 is 0. The van der Waals surface area contributed by atoms with Crippen molar-refractivity contribution in [2.75, 3.05) is 50.1 Å². The molecule has 0 saturated carbocycles. The second kappa shape index (κ2) is 8.52. The number of hydrogen-bond donors (Lipinski definition) is 2. The summed E-state index contributed by atoms with van der Waals surface area (Å²) in [5.74, 6) is 0.617. The molecule has 0 aromatic heterocycles. The highest BCUT2D eigenvalue weighted by atomic mass is 19.4. The van der Waals surface area contributed by atoms with Gasteiger partial charge in [-0.1, -0.05) is 12.1 Å². The summed E-state index contributed by atoms with van der Waals surface area (Å²) in [6.07, 6.45) is -4.38. The van der Waals surface area contributed by atoms with Crippen LogP contribution in [0.15, 0.2) is 48.5 Å². The van der Waals surface area contributed by atoms with Crippen molar-refractivity contribution in [2.45, 2.75) is 6.18 Å². The van der Waals surface area contributed by atoms with E-state index < -0.39 is 11.7 Å². The second-order valence-electron chi connectivity index (χ2n) is 6.71. The predicted octanol–water partition coefficient (Wildman–Crippen LogP) is 2.06. The molecule has 2 N–H and O–H groups in total. The lowest BCUT2D eigenvalue weighted by Gasteiger charge is -2.34. The van der Waals surface area contributed by atoms with Crippen LogP contribution in [0.1, 0.15) is 5.56 Å². The Labute approximate surface area is 161 Å². The molecule has 1 amide bonds. The van der Waals surface area contributed by atoms with Gasteiger partial charge in [0.15, 0.2) is 6.54 Å². The van der Waals surface area contributed by atoms with E-state index in [1.807, 2.05) is 24.3 Å². The number of hydrogen-bond acceptors (Lipinski definition) is 3. The van der Waals surface area contributed by atoms with Crippen LogP contribution in [0.3, 0.4) is 0 Å². The average molecular weight is 394 g/mol. The molecule has 0 spiro atoms. The van der Waals surface area contributed by atoms with Crippen LogP contribution in [-0.4, -0.2) is 45.7 Å². The quantitative estimate of drug-likeness (QED) is 0.816. The molecule has 0 atom stereocenters. The van der Waals surface area contributed by atoms with Crippen molar-refractivity contribution in [1.82, 2.24) is 0 Å². The number of quaternary nitrogens is 1. The van der Waals surface area contributed by atoms with Crippen LogP contribution < -0.4 is 19.9 Å². The van der Waals surface area contributed by atoms with Gasteiger partial charge in [-0.15, -0.1) is 0 Å². The fourth-order valence-corrected chi connectivity index (χ4v) is 3.31. The third-order valence-electron chi connectivity index (χ3n) is 4.80. The van der Waals surface area contributed by atoms with Crippen molar-refractivity contribution in [2.24, 2.45) is 0 Å². The third kappa shape index (κ3) is 4.95. The van der Waals surface area contributed by atoms with Crippen LogP contribution in [0.25, 0.3) is 0 Å². The van der Waals surface area contributed by atoms with E-state index >= 15 is 0 Å². The van der Waals surface area contributed by atoms with E-state index in [9.17, 15) is 18.0 Å². The lowest BCUT2D eigenvalue weighted by atomic mass is 10.2. The highest BCUT2D eigenvalue weighted by molar-refractivity contribution is 5.91. The smallest absolute Gasteiger partial charge is 0.416 e. The first-order chi connectivity index (χ1) is 13.4. The average Bonchev–Trinajstić information content (AvgIpc) is 2.68. The van der Waals surface area contributed by atoms with Crippen molar-refractivity contribution in [1.29, 1.82) is 0 Å². The number of halogens is 3. The summed E-state index contributed by atoms with van der Waals surface area (Å²) in [5.41, 5.74) is 0.673. The Kier molecular flexibility index (Phi) is 6.08. The number of methoxy groups -OCH3 is 1. The molecule has 1 saturated heterocycles. The number of rotatable bonds is 5. The number of piperazine rings is 1. The molecule has 1 heterocycles. The molecule has 2 aromatic carbocycles. The number of nitrogens with zero attached hydrogens (tertiary/aromatic N) is 1. The SMILES string of the molecule is COc1ccccc1N1CC[NH+](CC(=O)Nc2ccc(C(F)(F)F)cc2)CC1. The van der Waals surface area contributed by atoms with Gasteiger partial charge in [0.25, 0.3) is 5.91 Å². The van der Waals surface area contributed by atoms with Gasteiger partial charge in [0.2, 0.25) is 0 Å². The van der Waals surface area contributed by atoms with Crippen molar-refractivity contribution in [3.63, 3.8) is 0 Å². The molecule has 0 radical (unpaired) electrons. The van der Waals surface area contributed by atoms with Gasteiger partial charge in [-0.2, -0.15) is 13.2 Å². The zero-order valence-electron chi connectivity index (χ0n) is 15.6. The summed E-state index contributed by atoms with van der Waals surface area (Å²) in [6, 6.07) is 12.3. The Bertz CT molecular complexity index is 801. The van der Waals surface area contributed by atoms with E-state index in [-0.39, 0.29) is 12.5 Å². The molecule has 0 bridgehead atoms. The van der Waals surface area contributed by atoms with Gasteiger partial charge in [-0.25, -0.2) is 0 Å². The maximum Gasteiger partial charge on any atom is 0.416 e. The van der Waals surface area contributed by atoms with E-state index in [1.54, 1.807) is 7.11 Å². The van der Waals surface area contributed by atoms with E-state index in [1.165, 1.54) is 12.1 Å². The van der Waals surface area contributed by atoms with Gasteiger partial charge in [-0.05, 0) is 36.4 Å². The molecule has 3 rings (SSSR count). The third-order valence-corrected chi connectivity index (χ3v) is 4.80. The standard InChI is InChI=1S/C20H22F3N3O2/c1-28-18-5-3-2-4-17(18)26-12-10-25(11-13-26)14-19(27)24-16-8-6-15(7-9-16)20(21,22)23/h2-9H,10-14H2,1H3,(H,24,27)/p+1. The summed E-state index contributed by atoms with van der Waals surface area (Å²) in [5, 5.41) is 2.67. The number of anilines is 2. The van der Waals surface area contributed by atoms with Crippen molar-refractivity contribution in [3.05, 3.63) is 54.1 Å². The van der Waals surface area contributed by atoms with Gasteiger partial charge in [0.1, 0.15) is 5.75 Å². The molecule has 0 unspecified atom stereocenters. The number of carbonyl (C=O) groups is 1. The Morgan fingerprint density at radius 3 is 2.36 bits per heavy atom. The molecule has 1 aliphatic rings. The van der Waals surface area contributed by atoms with Crippen molar-refractivity contribution >= 4 is 17.3 Å². The summed E-state index contributed by atoms with van der Waals surface area (Å²) in [7, 11) is 1.64. The molecule has 2 aromatic rings. The molecular weight excluding hydrogens is 371 g/mol. The molecule has 1 aliphatic heterocycles. The largest absolute Gasteiger partial charge is 0.495 e. The predicted molar refractivity (Wildman–Crippen MR) is 101 cm³/mol. The van der Waals surface area contributed by atoms with Gasteiger partial charge in [0.05, 0.1) is 44.5 Å². The molecule has 150 valence electrons. The molecule has 1 fully saturated rings. The number of benzene rings is 2. The lowest BCUT2D eigenvalue weighted by molar-refractivity contribution is -0.892. The molecule has 5 nitrogen and oxygen atoms in total. The zero-order valence-corrected chi connectivity index (χ0v) is 15.6. The summed E-state index contributed by atoms with van der Waals surface area (Å²) in [4.78, 5) is 15.6. The van der Waals surface area contributed by atoms with Gasteiger partial charge in [0, 0.05) is 5.69 Å². The highest BCUT2D eigenvalue weighted by Crippen LogP contribution is 2.30. The Morgan fingerprint density at radius 2 is 1.75 bits per heavy atom. The second-order valence-corrected chi connectivity index (χ2v) is 6.71. The molecule has 28 heavy (non-hydrogen) atoms. The highest BCUT2D eigenvalue weighted by Gasteiger charge is 2.30. The maximum atomic E-state index is 12.6. The minimum Gasteiger partial charge on any atom is -0.495 e. The first-order valence-electron chi connectivity index (χ1n) is 9.05. The summed E-state index contributed by atoms with van der Waals surface area (Å²) in [6.45, 7) is 3.45. The van der Waals surface area contributed by atoms with E-state index in [0.29, 0.717) is 5.69 Å². The van der Waals surface area contributed by atoms with Crippen molar-refractivity contribution < 1.29 is 27.6 Å². The number of ether oxygens (including phenoxy) is 1. The number of alkyl halides is 3. The minimum atomic E-state index is -4.38. The molecule has 0 aliphatic carbocycles. The Hall–Kier alpha value is -2.74. The fourth-order valence-electron chi connectivity index (χ4n) is 3.31. The van der Waals surface area contributed by atoms with E-state index in [4.69, 9.17) is 4.74 Å². The normalized spacial score (nSPS) is 15.4. The van der Waals surface area contributed by atoms with Crippen LogP contribution in [0, 0.1) is 0 Å². The van der Waals surface area contributed by atoms with E-state index in [2.05, 4.69) is 10.2 Å². The maximum absolute atomic E-state index is 12.6. The van der Waals surface area contributed by atoms with Crippen LogP contribution in [0.5, 0.6) is 5.75 Å². The molecule has 8 heteroatoms. The molecular formula is C20H23F3N3O2+. The van der Waals surface area contributed by atoms with Crippen LogP contribution >= 0.6 is 0 Å². The zero-order chi connectivity index (χ0) is 20.1. The van der Waals surface area contributed by atoms with E-state index in [0.717, 1.165) is 54.6 Å². The number of nitrogens with one attached hydrogen (secondary N) is 2. The lowest BCUT2D eigenvalue weighted by Crippen LogP contribution is -3.15. The fraction of sp³-hybridized carbons (Fsp3) is 0.350. The first kappa shape index (κ1) is 20.0. The number of carbonyl (C=O) groups excluding carboxylic acids is 1. The van der Waals surface area contributed by atoms with Crippen LogP contribution in [-0.2, 0) is 11.0 Å². The van der Waals surface area contributed by atoms with Gasteiger partial charge < -0.3 is 19.9 Å². The van der Waals surface area contributed by atoms with Crippen molar-refractivity contribution in [3.8, 4) is 5.75 Å². The van der Waals surface area contributed by atoms with Crippen LogP contribution in [0.4, 0.5) is 24.5 Å². The Balaban J connectivity index is 1.50. The van der Waals surface area contributed by atoms with Gasteiger partial charge in [-0.3, -0.25) is 4.79 Å². The minimum absolute atomic E-state index is 0.208. The monoisotopic (exact) mass is 394 g/mol. The number of amides is 1. The van der Waals surface area contributed by atoms with Crippen LogP contribution in [0.2, 0.25) is 0 Å². The topological polar surface area (TPSA) is 46.0 Å². The first-order valence-corrected chi connectivity index (χ1v) is 9.05. The van der Waals surface area contributed by atoms with Gasteiger partial charge >= 0.3 is 6.18 Å². The number of para-hydroxylation sites is 2.